The molecule has 0 bridgehead atoms. The standard InChI is InChI=1S/C21H28N4.HI/c1-22-21(25-13-12-19-6-4-5-7-20(19)16-25)23-14-17-8-10-18(11-9-17)15-24(2)3;/h4-11H,12-16H2,1-3H3,(H,22,23);1H. The van der Waals surface area contributed by atoms with E-state index in [2.05, 4.69) is 82.7 Å². The van der Waals surface area contributed by atoms with Crippen molar-refractivity contribution in [3.05, 3.63) is 70.8 Å². The van der Waals surface area contributed by atoms with E-state index in [9.17, 15) is 0 Å². The fraction of sp³-hybridized carbons (Fsp3) is 0.381. The summed E-state index contributed by atoms with van der Waals surface area (Å²) >= 11 is 0. The van der Waals surface area contributed by atoms with Gasteiger partial charge < -0.3 is 15.1 Å². The van der Waals surface area contributed by atoms with Crippen LogP contribution in [0.5, 0.6) is 0 Å². The highest BCUT2D eigenvalue weighted by Gasteiger charge is 2.18. The van der Waals surface area contributed by atoms with Crippen LogP contribution in [0.25, 0.3) is 0 Å². The van der Waals surface area contributed by atoms with Crippen molar-refractivity contribution in [1.29, 1.82) is 0 Å². The monoisotopic (exact) mass is 464 g/mol. The number of rotatable bonds is 4. The van der Waals surface area contributed by atoms with Crippen molar-refractivity contribution in [3.8, 4) is 0 Å². The number of nitrogens with zero attached hydrogens (tertiary/aromatic N) is 3. The average molecular weight is 464 g/mol. The van der Waals surface area contributed by atoms with Crippen LogP contribution in [0.2, 0.25) is 0 Å². The van der Waals surface area contributed by atoms with E-state index in [1.165, 1.54) is 22.3 Å². The molecule has 5 heteroatoms. The molecule has 0 spiro atoms. The second-order valence-corrected chi connectivity index (χ2v) is 6.90. The third-order valence-corrected chi connectivity index (χ3v) is 4.61. The Kier molecular flexibility index (Phi) is 7.90. The van der Waals surface area contributed by atoms with Gasteiger partial charge in [0.2, 0.25) is 0 Å². The number of hydrogen-bond donors (Lipinski definition) is 1. The fourth-order valence-electron chi connectivity index (χ4n) is 3.32. The molecule has 0 amide bonds. The molecule has 1 heterocycles. The first-order valence-electron chi connectivity index (χ1n) is 8.90. The Morgan fingerprint density at radius 1 is 1.04 bits per heavy atom. The lowest BCUT2D eigenvalue weighted by atomic mass is 10.0. The molecule has 0 atom stereocenters. The van der Waals surface area contributed by atoms with Crippen molar-refractivity contribution in [3.63, 3.8) is 0 Å². The zero-order valence-electron chi connectivity index (χ0n) is 15.9. The van der Waals surface area contributed by atoms with E-state index in [0.717, 1.165) is 38.6 Å². The third-order valence-electron chi connectivity index (χ3n) is 4.61. The summed E-state index contributed by atoms with van der Waals surface area (Å²) in [5.74, 6) is 0.979. The molecular formula is C21H29IN4. The van der Waals surface area contributed by atoms with Crippen LogP contribution < -0.4 is 5.32 Å². The highest BCUT2D eigenvalue weighted by Crippen LogP contribution is 2.18. The Morgan fingerprint density at radius 2 is 1.69 bits per heavy atom. The van der Waals surface area contributed by atoms with Crippen LogP contribution in [0.1, 0.15) is 22.3 Å². The van der Waals surface area contributed by atoms with E-state index in [1.807, 2.05) is 7.05 Å². The summed E-state index contributed by atoms with van der Waals surface area (Å²) < 4.78 is 0. The van der Waals surface area contributed by atoms with E-state index in [-0.39, 0.29) is 24.0 Å². The highest BCUT2D eigenvalue weighted by atomic mass is 127. The van der Waals surface area contributed by atoms with Gasteiger partial charge in [-0.1, -0.05) is 48.5 Å². The quantitative estimate of drug-likeness (QED) is 0.427. The van der Waals surface area contributed by atoms with Crippen molar-refractivity contribution in [2.24, 2.45) is 4.99 Å². The van der Waals surface area contributed by atoms with Gasteiger partial charge in [-0.2, -0.15) is 0 Å². The first kappa shape index (κ1) is 20.7. The molecule has 0 saturated carbocycles. The lowest BCUT2D eigenvalue weighted by molar-refractivity contribution is 0.378. The second kappa shape index (κ2) is 9.92. The summed E-state index contributed by atoms with van der Waals surface area (Å²) in [4.78, 5) is 9.00. The van der Waals surface area contributed by atoms with Gasteiger partial charge in [0.05, 0.1) is 0 Å². The van der Waals surface area contributed by atoms with Crippen molar-refractivity contribution in [1.82, 2.24) is 15.1 Å². The molecule has 1 aliphatic rings. The second-order valence-electron chi connectivity index (χ2n) is 6.90. The predicted molar refractivity (Wildman–Crippen MR) is 120 cm³/mol. The van der Waals surface area contributed by atoms with Crippen LogP contribution in [-0.4, -0.2) is 43.4 Å². The molecule has 0 radical (unpaired) electrons. The molecule has 4 nitrogen and oxygen atoms in total. The SMILES string of the molecule is CN=C(NCc1ccc(CN(C)C)cc1)N1CCc2ccccc2C1.I. The number of nitrogens with one attached hydrogen (secondary N) is 1. The Bertz CT molecular complexity index is 725. The molecule has 1 aliphatic heterocycles. The van der Waals surface area contributed by atoms with Crippen LogP contribution in [-0.2, 0) is 26.1 Å². The number of fused-ring (bicyclic) bond motifs is 1. The first-order valence-corrected chi connectivity index (χ1v) is 8.90. The van der Waals surface area contributed by atoms with Gasteiger partial charge in [-0.15, -0.1) is 24.0 Å². The molecule has 0 saturated heterocycles. The summed E-state index contributed by atoms with van der Waals surface area (Å²) in [6, 6.07) is 17.5. The van der Waals surface area contributed by atoms with Crippen LogP contribution >= 0.6 is 24.0 Å². The summed E-state index contributed by atoms with van der Waals surface area (Å²) in [7, 11) is 6.05. The predicted octanol–water partition coefficient (Wildman–Crippen LogP) is 3.50. The highest BCUT2D eigenvalue weighted by molar-refractivity contribution is 14.0. The number of guanidine groups is 1. The topological polar surface area (TPSA) is 30.9 Å². The van der Waals surface area contributed by atoms with Crippen molar-refractivity contribution in [2.45, 2.75) is 26.1 Å². The van der Waals surface area contributed by atoms with Crippen LogP contribution in [0.3, 0.4) is 0 Å². The third kappa shape index (κ3) is 5.45. The summed E-state index contributed by atoms with van der Waals surface area (Å²) in [6.07, 6.45) is 1.08. The molecule has 2 aromatic rings. The average Bonchev–Trinajstić information content (AvgIpc) is 2.63. The van der Waals surface area contributed by atoms with E-state index in [0.29, 0.717) is 0 Å². The largest absolute Gasteiger partial charge is 0.352 e. The minimum absolute atomic E-state index is 0. The van der Waals surface area contributed by atoms with Gasteiger partial charge in [-0.05, 0) is 42.8 Å². The Labute approximate surface area is 174 Å². The molecule has 1 N–H and O–H groups in total. The number of hydrogen-bond acceptors (Lipinski definition) is 2. The molecule has 0 aromatic heterocycles. The van der Waals surface area contributed by atoms with Gasteiger partial charge in [-0.25, -0.2) is 0 Å². The van der Waals surface area contributed by atoms with Gasteiger partial charge in [-0.3, -0.25) is 4.99 Å². The van der Waals surface area contributed by atoms with E-state index >= 15 is 0 Å². The molecule has 140 valence electrons. The van der Waals surface area contributed by atoms with E-state index in [1.54, 1.807) is 0 Å². The van der Waals surface area contributed by atoms with Crippen molar-refractivity contribution in [2.75, 3.05) is 27.7 Å². The zero-order valence-corrected chi connectivity index (χ0v) is 18.2. The molecule has 0 unspecified atom stereocenters. The lowest BCUT2D eigenvalue weighted by Gasteiger charge is -2.31. The Morgan fingerprint density at radius 3 is 2.35 bits per heavy atom. The molecular weight excluding hydrogens is 435 g/mol. The summed E-state index contributed by atoms with van der Waals surface area (Å²) in [6.45, 7) is 3.71. The Hall–Kier alpha value is -1.60. The maximum atomic E-state index is 4.48. The molecule has 3 rings (SSSR count). The molecule has 26 heavy (non-hydrogen) atoms. The van der Waals surface area contributed by atoms with Crippen molar-refractivity contribution >= 4 is 29.9 Å². The smallest absolute Gasteiger partial charge is 0.194 e. The first-order chi connectivity index (χ1) is 12.2. The van der Waals surface area contributed by atoms with Crippen LogP contribution in [0.4, 0.5) is 0 Å². The zero-order chi connectivity index (χ0) is 17.6. The normalized spacial score (nSPS) is 14.0. The van der Waals surface area contributed by atoms with Crippen LogP contribution in [0, 0.1) is 0 Å². The molecule has 0 aliphatic carbocycles. The van der Waals surface area contributed by atoms with Crippen molar-refractivity contribution < 1.29 is 0 Å². The lowest BCUT2D eigenvalue weighted by Crippen LogP contribution is -2.43. The molecule has 0 fully saturated rings. The minimum atomic E-state index is 0. The molecule has 2 aromatic carbocycles. The summed E-state index contributed by atoms with van der Waals surface area (Å²) in [5, 5.41) is 3.51. The Balaban J connectivity index is 0.00000243. The van der Waals surface area contributed by atoms with E-state index < -0.39 is 0 Å². The van der Waals surface area contributed by atoms with Gasteiger partial charge in [0.25, 0.3) is 0 Å². The fourth-order valence-corrected chi connectivity index (χ4v) is 3.32. The van der Waals surface area contributed by atoms with Gasteiger partial charge in [0.1, 0.15) is 0 Å². The summed E-state index contributed by atoms with van der Waals surface area (Å²) in [5.41, 5.74) is 5.49. The van der Waals surface area contributed by atoms with E-state index in [4.69, 9.17) is 0 Å². The number of benzene rings is 2. The minimum Gasteiger partial charge on any atom is -0.352 e. The maximum absolute atomic E-state index is 4.48. The number of aliphatic imine (C=N–C) groups is 1. The van der Waals surface area contributed by atoms with Gasteiger partial charge in [0.15, 0.2) is 5.96 Å². The number of halogens is 1. The van der Waals surface area contributed by atoms with Gasteiger partial charge >= 0.3 is 0 Å². The van der Waals surface area contributed by atoms with Crippen LogP contribution in [0.15, 0.2) is 53.5 Å². The van der Waals surface area contributed by atoms with Gasteiger partial charge in [0, 0.05) is 33.2 Å². The maximum Gasteiger partial charge on any atom is 0.194 e.